The minimum absolute atomic E-state index is 0.0446. The summed E-state index contributed by atoms with van der Waals surface area (Å²) in [6, 6.07) is 6.62. The van der Waals surface area contributed by atoms with Gasteiger partial charge in [-0.15, -0.1) is 0 Å². The first kappa shape index (κ1) is 36.4. The zero-order chi connectivity index (χ0) is 37.5. The van der Waals surface area contributed by atoms with E-state index >= 15 is 0 Å². The van der Waals surface area contributed by atoms with Gasteiger partial charge < -0.3 is 20.3 Å². The van der Waals surface area contributed by atoms with Gasteiger partial charge in [0.15, 0.2) is 0 Å². The maximum absolute atomic E-state index is 14.5. The predicted octanol–water partition coefficient (Wildman–Crippen LogP) is 3.37. The number of carbonyl (C=O) groups is 4. The number of benzene rings is 2. The van der Waals surface area contributed by atoms with E-state index in [1.165, 1.54) is 35.2 Å². The zero-order valence-corrected chi connectivity index (χ0v) is 29.8. The lowest BCUT2D eigenvalue weighted by molar-refractivity contribution is -0.141. The van der Waals surface area contributed by atoms with Crippen LogP contribution in [0.5, 0.6) is 5.88 Å². The van der Waals surface area contributed by atoms with Crippen molar-refractivity contribution in [2.75, 3.05) is 6.54 Å². The normalized spacial score (nSPS) is 27.0. The van der Waals surface area contributed by atoms with E-state index in [2.05, 4.69) is 25.3 Å². The molecule has 13 nitrogen and oxygen atoms in total. The number of fused-ring (bicyclic) bond motifs is 3. The van der Waals surface area contributed by atoms with Crippen LogP contribution < -0.4 is 20.1 Å². The molecule has 2 aliphatic carbocycles. The average molecular weight is 751 g/mol. The molecule has 3 aromatic rings. The largest absolute Gasteiger partial charge is 0.471 e. The van der Waals surface area contributed by atoms with Gasteiger partial charge in [0.25, 0.3) is 11.8 Å². The molecule has 0 bridgehead atoms. The first-order valence-corrected chi connectivity index (χ1v) is 19.4. The third kappa shape index (κ3) is 7.87. The van der Waals surface area contributed by atoms with E-state index in [0.717, 1.165) is 18.6 Å². The summed E-state index contributed by atoms with van der Waals surface area (Å²) in [5.41, 5.74) is -0.311. The fourth-order valence-electron chi connectivity index (χ4n) is 7.06. The second kappa shape index (κ2) is 14.4. The van der Waals surface area contributed by atoms with E-state index in [1.54, 1.807) is 6.92 Å². The SMILES string of the molecule is Cc1nc2ccc(F)cc2nc1OC1CC2C(=O)NC3(C(=O)NS(=O)(=O)C4CC4)CC3/C=C\CCCCCC(NC(=O)c3ccc(F)cc3)C(=O)N2C1. The number of hydrogen-bond donors (Lipinski definition) is 3. The summed E-state index contributed by atoms with van der Waals surface area (Å²) >= 11 is 0. The molecule has 4 aliphatic rings. The van der Waals surface area contributed by atoms with Crippen molar-refractivity contribution in [2.24, 2.45) is 5.92 Å². The van der Waals surface area contributed by atoms with Gasteiger partial charge in [-0.3, -0.25) is 23.9 Å². The Kier molecular flexibility index (Phi) is 9.91. The molecule has 1 aromatic heterocycles. The van der Waals surface area contributed by atoms with Crippen LogP contribution in [0.15, 0.2) is 54.6 Å². The molecule has 7 rings (SSSR count). The highest BCUT2D eigenvalue weighted by molar-refractivity contribution is 7.91. The van der Waals surface area contributed by atoms with E-state index in [-0.39, 0.29) is 42.8 Å². The van der Waals surface area contributed by atoms with E-state index < -0.39 is 80.2 Å². The summed E-state index contributed by atoms with van der Waals surface area (Å²) in [6.07, 6.45) is 6.86. The number of amides is 4. The van der Waals surface area contributed by atoms with Crippen LogP contribution >= 0.6 is 0 Å². The molecule has 3 fully saturated rings. The molecule has 2 saturated carbocycles. The molecular weight excluding hydrogens is 711 g/mol. The smallest absolute Gasteiger partial charge is 0.259 e. The van der Waals surface area contributed by atoms with Gasteiger partial charge in [-0.25, -0.2) is 27.2 Å². The third-order valence-electron chi connectivity index (χ3n) is 10.3. The Bertz CT molecular complexity index is 2090. The Morgan fingerprint density at radius 1 is 0.981 bits per heavy atom. The molecule has 3 N–H and O–H groups in total. The molecular formula is C37H40F2N6O7S. The number of hydrogen-bond acceptors (Lipinski definition) is 9. The van der Waals surface area contributed by atoms with Crippen molar-refractivity contribution in [3.05, 3.63) is 77.5 Å². The Balaban J connectivity index is 1.19. The minimum atomic E-state index is -3.92. The number of allylic oxidation sites excluding steroid dienone is 1. The summed E-state index contributed by atoms with van der Waals surface area (Å²) in [5, 5.41) is 4.94. The molecule has 0 spiro atoms. The monoisotopic (exact) mass is 750 g/mol. The number of nitrogens with zero attached hydrogens (tertiary/aromatic N) is 3. The number of aryl methyl sites for hydroxylation is 1. The molecule has 3 heterocycles. The van der Waals surface area contributed by atoms with Crippen molar-refractivity contribution in [3.8, 4) is 5.88 Å². The summed E-state index contributed by atoms with van der Waals surface area (Å²) in [7, 11) is -3.92. The van der Waals surface area contributed by atoms with Gasteiger partial charge in [-0.05, 0) is 81.8 Å². The van der Waals surface area contributed by atoms with Gasteiger partial charge in [0.2, 0.25) is 27.7 Å². The fraction of sp³-hybridized carbons (Fsp3) is 0.459. The second-order valence-corrected chi connectivity index (χ2v) is 16.2. The van der Waals surface area contributed by atoms with Crippen molar-refractivity contribution in [1.82, 2.24) is 30.2 Å². The van der Waals surface area contributed by atoms with Crippen molar-refractivity contribution in [2.45, 2.75) is 93.7 Å². The molecule has 2 aromatic carbocycles. The van der Waals surface area contributed by atoms with Crippen molar-refractivity contribution >= 4 is 44.7 Å². The number of sulfonamides is 1. The van der Waals surface area contributed by atoms with Gasteiger partial charge in [0, 0.05) is 24.0 Å². The molecule has 16 heteroatoms. The Labute approximate surface area is 305 Å². The number of ether oxygens (including phenoxy) is 1. The van der Waals surface area contributed by atoms with Crippen LogP contribution in [0.25, 0.3) is 11.0 Å². The highest BCUT2D eigenvalue weighted by atomic mass is 32.2. The lowest BCUT2D eigenvalue weighted by Gasteiger charge is -2.30. The van der Waals surface area contributed by atoms with Gasteiger partial charge in [-0.1, -0.05) is 25.0 Å². The Morgan fingerprint density at radius 2 is 1.74 bits per heavy atom. The van der Waals surface area contributed by atoms with Gasteiger partial charge in [0.1, 0.15) is 41.1 Å². The fourth-order valence-corrected chi connectivity index (χ4v) is 8.42. The topological polar surface area (TPSA) is 177 Å². The van der Waals surface area contributed by atoms with Crippen LogP contribution in [0.4, 0.5) is 8.78 Å². The minimum Gasteiger partial charge on any atom is -0.471 e. The van der Waals surface area contributed by atoms with Crippen molar-refractivity contribution in [3.63, 3.8) is 0 Å². The maximum atomic E-state index is 14.5. The molecule has 5 atom stereocenters. The van der Waals surface area contributed by atoms with Gasteiger partial charge >= 0.3 is 0 Å². The zero-order valence-electron chi connectivity index (χ0n) is 29.0. The highest BCUT2D eigenvalue weighted by Crippen LogP contribution is 2.46. The second-order valence-electron chi connectivity index (χ2n) is 14.3. The van der Waals surface area contributed by atoms with E-state index in [9.17, 15) is 36.4 Å². The van der Waals surface area contributed by atoms with E-state index in [0.29, 0.717) is 43.3 Å². The van der Waals surface area contributed by atoms with Gasteiger partial charge in [0.05, 0.1) is 22.8 Å². The van der Waals surface area contributed by atoms with Crippen LogP contribution in [0.3, 0.4) is 0 Å². The summed E-state index contributed by atoms with van der Waals surface area (Å²) in [6.45, 7) is 1.55. The molecule has 2 aliphatic heterocycles. The van der Waals surface area contributed by atoms with Crippen LogP contribution in [-0.4, -0.2) is 82.4 Å². The molecule has 5 unspecified atom stereocenters. The number of nitrogens with one attached hydrogen (secondary N) is 3. The lowest BCUT2D eigenvalue weighted by Crippen LogP contribution is -2.58. The molecule has 0 radical (unpaired) electrons. The Morgan fingerprint density at radius 3 is 2.49 bits per heavy atom. The first-order valence-electron chi connectivity index (χ1n) is 17.9. The van der Waals surface area contributed by atoms with Crippen molar-refractivity contribution in [1.29, 1.82) is 0 Å². The molecule has 4 amide bonds. The predicted molar refractivity (Wildman–Crippen MR) is 188 cm³/mol. The highest BCUT2D eigenvalue weighted by Gasteiger charge is 2.62. The maximum Gasteiger partial charge on any atom is 0.259 e. The first-order chi connectivity index (χ1) is 25.3. The van der Waals surface area contributed by atoms with E-state index in [4.69, 9.17) is 4.74 Å². The average Bonchev–Trinajstić information content (AvgIpc) is 4.04. The summed E-state index contributed by atoms with van der Waals surface area (Å²) in [5.74, 6) is -4.12. The van der Waals surface area contributed by atoms with Crippen LogP contribution in [0.1, 0.15) is 73.8 Å². The van der Waals surface area contributed by atoms with Crippen LogP contribution in [0.2, 0.25) is 0 Å². The molecule has 53 heavy (non-hydrogen) atoms. The summed E-state index contributed by atoms with van der Waals surface area (Å²) in [4.78, 5) is 65.9. The number of carbonyl (C=O) groups excluding carboxylic acids is 4. The van der Waals surface area contributed by atoms with E-state index in [1.807, 2.05) is 12.2 Å². The number of rotatable bonds is 7. The quantitative estimate of drug-likeness (QED) is 0.306. The van der Waals surface area contributed by atoms with Crippen LogP contribution in [0, 0.1) is 24.5 Å². The molecule has 280 valence electrons. The van der Waals surface area contributed by atoms with Crippen LogP contribution in [-0.2, 0) is 24.4 Å². The Hall–Kier alpha value is -4.99. The number of halogens is 2. The standard InChI is InChI=1S/C37H40F2N6O7S/c1-21-34(42-30-17-25(39)13-16-28(30)40-21)52-26-18-31-33(47)43-37(36(49)44-53(50,51)27-14-15-27)19-23(37)7-5-3-2-4-6-8-29(35(48)45(31)20-26)41-32(46)22-9-11-24(38)12-10-22/h5,7,9-13,16-17,23,26-27,29,31H,2-4,6,8,14-15,18-20H2,1H3,(H,41,46)(H,43,47)(H,44,49)/b7-5-. The number of aromatic nitrogens is 2. The van der Waals surface area contributed by atoms with Crippen molar-refractivity contribution < 1.29 is 41.1 Å². The molecule has 1 saturated heterocycles. The van der Waals surface area contributed by atoms with Gasteiger partial charge in [-0.2, -0.15) is 0 Å². The summed E-state index contributed by atoms with van der Waals surface area (Å²) < 4.78 is 61.6. The third-order valence-corrected chi connectivity index (χ3v) is 12.1. The lowest BCUT2D eigenvalue weighted by atomic mass is 10.0.